The second-order valence-electron chi connectivity index (χ2n) is 4.52. The summed E-state index contributed by atoms with van der Waals surface area (Å²) in [6.07, 6.45) is 0.566. The monoisotopic (exact) mass is 286 g/mol. The average molecular weight is 286 g/mol. The van der Waals surface area contributed by atoms with E-state index in [1.807, 2.05) is 0 Å². The lowest BCUT2D eigenvalue weighted by molar-refractivity contribution is -0.144. The third-order valence-electron chi connectivity index (χ3n) is 3.07. The molecule has 6 N–H and O–H groups in total. The van der Waals surface area contributed by atoms with Gasteiger partial charge >= 0.3 is 5.97 Å². The summed E-state index contributed by atoms with van der Waals surface area (Å²) < 4.78 is 0. The van der Waals surface area contributed by atoms with Gasteiger partial charge in [-0.1, -0.05) is 0 Å². The first kappa shape index (κ1) is 15.9. The molecule has 3 amide bonds. The standard InChI is InChI=1S/C11H18N4O5/c12-5-9(17)15-3-1-2-7(15)10(18)14-6(11(19)20)4-8(13)16/h6-7H,1-5,12H2,(H2,13,16)(H,14,18)(H,19,20). The molecular formula is C11H18N4O5. The number of carbonyl (C=O) groups is 4. The molecule has 1 aliphatic heterocycles. The number of aliphatic carboxylic acids is 1. The summed E-state index contributed by atoms with van der Waals surface area (Å²) in [7, 11) is 0. The highest BCUT2D eigenvalue weighted by molar-refractivity contribution is 5.92. The third kappa shape index (κ3) is 3.92. The van der Waals surface area contributed by atoms with E-state index in [2.05, 4.69) is 5.32 Å². The van der Waals surface area contributed by atoms with Crippen molar-refractivity contribution in [3.8, 4) is 0 Å². The fraction of sp³-hybridized carbons (Fsp3) is 0.636. The molecule has 0 aromatic carbocycles. The number of rotatable bonds is 6. The van der Waals surface area contributed by atoms with Crippen molar-refractivity contribution in [3.63, 3.8) is 0 Å². The van der Waals surface area contributed by atoms with Crippen molar-refractivity contribution in [2.75, 3.05) is 13.1 Å². The number of carboxylic acid groups (broad SMARTS) is 1. The Morgan fingerprint density at radius 1 is 1.35 bits per heavy atom. The Labute approximate surface area is 115 Å². The molecule has 9 heteroatoms. The van der Waals surface area contributed by atoms with E-state index in [0.717, 1.165) is 0 Å². The quantitative estimate of drug-likeness (QED) is 0.419. The SMILES string of the molecule is NCC(=O)N1CCCC1C(=O)NC(CC(N)=O)C(=O)O. The van der Waals surface area contributed by atoms with Gasteiger partial charge in [-0.05, 0) is 12.8 Å². The number of nitrogens with one attached hydrogen (secondary N) is 1. The molecule has 9 nitrogen and oxygen atoms in total. The van der Waals surface area contributed by atoms with Gasteiger partial charge in [0, 0.05) is 6.54 Å². The van der Waals surface area contributed by atoms with E-state index < -0.39 is 36.3 Å². The maximum atomic E-state index is 12.0. The van der Waals surface area contributed by atoms with Crippen molar-refractivity contribution < 1.29 is 24.3 Å². The molecule has 0 aromatic heterocycles. The van der Waals surface area contributed by atoms with Gasteiger partial charge in [0.2, 0.25) is 17.7 Å². The van der Waals surface area contributed by atoms with E-state index >= 15 is 0 Å². The van der Waals surface area contributed by atoms with Gasteiger partial charge < -0.3 is 26.8 Å². The van der Waals surface area contributed by atoms with Crippen LogP contribution in [0.5, 0.6) is 0 Å². The van der Waals surface area contributed by atoms with Crippen LogP contribution >= 0.6 is 0 Å². The average Bonchev–Trinajstić information content (AvgIpc) is 2.85. The molecule has 112 valence electrons. The van der Waals surface area contributed by atoms with Crippen molar-refractivity contribution in [2.45, 2.75) is 31.3 Å². The van der Waals surface area contributed by atoms with Crippen LogP contribution in [0.4, 0.5) is 0 Å². The van der Waals surface area contributed by atoms with Gasteiger partial charge in [0.15, 0.2) is 0 Å². The molecule has 2 atom stereocenters. The maximum absolute atomic E-state index is 12.0. The molecule has 0 spiro atoms. The van der Waals surface area contributed by atoms with Gasteiger partial charge in [-0.25, -0.2) is 4.79 Å². The van der Waals surface area contributed by atoms with Gasteiger partial charge in [-0.2, -0.15) is 0 Å². The summed E-state index contributed by atoms with van der Waals surface area (Å²) in [6, 6.07) is -2.14. The molecule has 1 rings (SSSR count). The topological polar surface area (TPSA) is 156 Å². The molecular weight excluding hydrogens is 268 g/mol. The number of nitrogens with zero attached hydrogens (tertiary/aromatic N) is 1. The number of likely N-dealkylation sites (tertiary alicyclic amines) is 1. The lowest BCUT2D eigenvalue weighted by Gasteiger charge is -2.24. The molecule has 1 aliphatic rings. The molecule has 0 aliphatic carbocycles. The first-order chi connectivity index (χ1) is 9.36. The van der Waals surface area contributed by atoms with Crippen LogP contribution in [-0.4, -0.2) is 58.9 Å². The Kier molecular flexibility index (Phi) is 5.44. The van der Waals surface area contributed by atoms with Crippen LogP contribution in [0.2, 0.25) is 0 Å². The van der Waals surface area contributed by atoms with Crippen LogP contribution in [0.3, 0.4) is 0 Å². The van der Waals surface area contributed by atoms with Crippen LogP contribution < -0.4 is 16.8 Å². The Balaban J connectivity index is 2.70. The predicted molar refractivity (Wildman–Crippen MR) is 67.2 cm³/mol. The Bertz CT molecular complexity index is 425. The van der Waals surface area contributed by atoms with Crippen molar-refractivity contribution in [1.29, 1.82) is 0 Å². The van der Waals surface area contributed by atoms with E-state index in [0.29, 0.717) is 19.4 Å². The number of carboxylic acids is 1. The molecule has 1 heterocycles. The highest BCUT2D eigenvalue weighted by atomic mass is 16.4. The summed E-state index contributed by atoms with van der Waals surface area (Å²) in [4.78, 5) is 46.6. The van der Waals surface area contributed by atoms with E-state index in [1.54, 1.807) is 0 Å². The maximum Gasteiger partial charge on any atom is 0.326 e. The third-order valence-corrected chi connectivity index (χ3v) is 3.07. The van der Waals surface area contributed by atoms with Gasteiger partial charge in [0.05, 0.1) is 13.0 Å². The van der Waals surface area contributed by atoms with Crippen LogP contribution in [0.1, 0.15) is 19.3 Å². The zero-order valence-electron chi connectivity index (χ0n) is 10.9. The second kappa shape index (κ2) is 6.85. The summed E-state index contributed by atoms with van der Waals surface area (Å²) >= 11 is 0. The first-order valence-electron chi connectivity index (χ1n) is 6.17. The van der Waals surface area contributed by atoms with Crippen molar-refractivity contribution in [3.05, 3.63) is 0 Å². The molecule has 0 bridgehead atoms. The van der Waals surface area contributed by atoms with Gasteiger partial charge in [-0.15, -0.1) is 0 Å². The fourth-order valence-corrected chi connectivity index (χ4v) is 2.12. The molecule has 1 fully saturated rings. The van der Waals surface area contributed by atoms with E-state index in [4.69, 9.17) is 16.6 Å². The summed E-state index contributed by atoms with van der Waals surface area (Å²) in [5.41, 5.74) is 10.2. The van der Waals surface area contributed by atoms with Crippen LogP contribution in [0, 0.1) is 0 Å². The van der Waals surface area contributed by atoms with Crippen LogP contribution in [0.15, 0.2) is 0 Å². The number of hydrogen-bond acceptors (Lipinski definition) is 5. The van der Waals surface area contributed by atoms with Crippen molar-refractivity contribution in [2.24, 2.45) is 11.5 Å². The Morgan fingerprint density at radius 2 is 2.00 bits per heavy atom. The zero-order chi connectivity index (χ0) is 15.3. The number of carbonyl (C=O) groups excluding carboxylic acids is 3. The normalized spacial score (nSPS) is 19.4. The molecule has 20 heavy (non-hydrogen) atoms. The number of nitrogens with two attached hydrogens (primary N) is 2. The lowest BCUT2D eigenvalue weighted by atomic mass is 10.1. The largest absolute Gasteiger partial charge is 0.480 e. The highest BCUT2D eigenvalue weighted by Gasteiger charge is 2.35. The Hall–Kier alpha value is -2.16. The van der Waals surface area contributed by atoms with Crippen LogP contribution in [0.25, 0.3) is 0 Å². The predicted octanol–water partition coefficient (Wildman–Crippen LogP) is -2.62. The lowest BCUT2D eigenvalue weighted by Crippen LogP contribution is -2.52. The summed E-state index contributed by atoms with van der Waals surface area (Å²) in [5.74, 6) is -3.17. The minimum Gasteiger partial charge on any atom is -0.480 e. The van der Waals surface area contributed by atoms with Gasteiger partial charge in [-0.3, -0.25) is 14.4 Å². The molecule has 0 saturated carbocycles. The summed E-state index contributed by atoms with van der Waals surface area (Å²) in [6.45, 7) is 0.190. The molecule has 0 radical (unpaired) electrons. The van der Waals surface area contributed by atoms with E-state index in [1.165, 1.54) is 4.90 Å². The minimum absolute atomic E-state index is 0.215. The van der Waals surface area contributed by atoms with Crippen LogP contribution in [-0.2, 0) is 19.2 Å². The first-order valence-corrected chi connectivity index (χ1v) is 6.17. The van der Waals surface area contributed by atoms with Crippen molar-refractivity contribution in [1.82, 2.24) is 10.2 Å². The zero-order valence-corrected chi connectivity index (χ0v) is 10.9. The Morgan fingerprint density at radius 3 is 2.50 bits per heavy atom. The van der Waals surface area contributed by atoms with E-state index in [-0.39, 0.29) is 12.5 Å². The number of amides is 3. The summed E-state index contributed by atoms with van der Waals surface area (Å²) in [5, 5.41) is 11.1. The number of primary amides is 1. The fourth-order valence-electron chi connectivity index (χ4n) is 2.12. The molecule has 0 aromatic rings. The number of hydrogen-bond donors (Lipinski definition) is 4. The minimum atomic E-state index is -1.39. The molecule has 1 saturated heterocycles. The smallest absolute Gasteiger partial charge is 0.326 e. The van der Waals surface area contributed by atoms with Gasteiger partial charge in [0.1, 0.15) is 12.1 Å². The van der Waals surface area contributed by atoms with Gasteiger partial charge in [0.25, 0.3) is 0 Å². The highest BCUT2D eigenvalue weighted by Crippen LogP contribution is 2.17. The molecule has 2 unspecified atom stereocenters. The van der Waals surface area contributed by atoms with E-state index in [9.17, 15) is 19.2 Å². The van der Waals surface area contributed by atoms with Crippen molar-refractivity contribution >= 4 is 23.7 Å². The second-order valence-corrected chi connectivity index (χ2v) is 4.52.